The molecule has 0 bridgehead atoms. The third-order valence-corrected chi connectivity index (χ3v) is 3.45. The van der Waals surface area contributed by atoms with Crippen molar-refractivity contribution in [2.24, 2.45) is 0 Å². The fraction of sp³-hybridized carbons (Fsp3) is 0.294. The molecule has 25 heavy (non-hydrogen) atoms. The van der Waals surface area contributed by atoms with E-state index in [1.165, 1.54) is 0 Å². The van der Waals surface area contributed by atoms with Crippen LogP contribution < -0.4 is 10.1 Å². The van der Waals surface area contributed by atoms with Crippen LogP contribution in [-0.4, -0.2) is 32.5 Å². The number of ether oxygens (including phenoxy) is 1. The van der Waals surface area contributed by atoms with Crippen molar-refractivity contribution in [3.05, 3.63) is 42.2 Å². The Balaban J connectivity index is 1.73. The van der Waals surface area contributed by atoms with E-state index in [1.54, 1.807) is 16.9 Å². The molecular formula is C17H19N5O3. The molecule has 1 amide bonds. The highest BCUT2D eigenvalue weighted by molar-refractivity contribution is 6.01. The zero-order chi connectivity index (χ0) is 17.8. The number of nitrogens with one attached hydrogen (secondary N) is 1. The van der Waals surface area contributed by atoms with Gasteiger partial charge in [0, 0.05) is 17.8 Å². The van der Waals surface area contributed by atoms with Crippen LogP contribution in [-0.2, 0) is 0 Å². The maximum Gasteiger partial charge on any atom is 0.322 e. The van der Waals surface area contributed by atoms with Crippen LogP contribution in [0.1, 0.15) is 37.3 Å². The summed E-state index contributed by atoms with van der Waals surface area (Å²) in [6, 6.07) is 9.02. The van der Waals surface area contributed by atoms with Gasteiger partial charge in [0.15, 0.2) is 0 Å². The van der Waals surface area contributed by atoms with Crippen molar-refractivity contribution < 1.29 is 13.9 Å². The summed E-state index contributed by atoms with van der Waals surface area (Å²) in [5.41, 5.74) is 1.17. The van der Waals surface area contributed by atoms with Gasteiger partial charge >= 0.3 is 6.01 Å². The average Bonchev–Trinajstić information content (AvgIpc) is 3.25. The molecule has 130 valence electrons. The monoisotopic (exact) mass is 341 g/mol. The summed E-state index contributed by atoms with van der Waals surface area (Å²) in [7, 11) is 0. The molecular weight excluding hydrogens is 322 g/mol. The Morgan fingerprint density at radius 2 is 2.00 bits per heavy atom. The lowest BCUT2D eigenvalue weighted by atomic mass is 10.2. The number of amides is 1. The lowest BCUT2D eigenvalue weighted by Gasteiger charge is -2.09. The molecule has 0 aliphatic rings. The fourth-order valence-corrected chi connectivity index (χ4v) is 2.32. The van der Waals surface area contributed by atoms with E-state index in [4.69, 9.17) is 9.15 Å². The molecule has 2 aromatic heterocycles. The van der Waals surface area contributed by atoms with Gasteiger partial charge in [-0.05, 0) is 51.1 Å². The fourth-order valence-electron chi connectivity index (χ4n) is 2.32. The Morgan fingerprint density at radius 3 is 2.68 bits per heavy atom. The Morgan fingerprint density at radius 1 is 1.24 bits per heavy atom. The minimum Gasteiger partial charge on any atom is -0.494 e. The lowest BCUT2D eigenvalue weighted by Crippen LogP contribution is -2.19. The van der Waals surface area contributed by atoms with Crippen LogP contribution in [0.2, 0.25) is 0 Å². The molecule has 0 radical (unpaired) electrons. The number of anilines is 1. The van der Waals surface area contributed by atoms with E-state index in [0.29, 0.717) is 18.2 Å². The first-order valence-corrected chi connectivity index (χ1v) is 8.00. The van der Waals surface area contributed by atoms with E-state index >= 15 is 0 Å². The maximum atomic E-state index is 12.3. The number of rotatable bonds is 6. The van der Waals surface area contributed by atoms with E-state index in [9.17, 15) is 4.79 Å². The highest BCUT2D eigenvalue weighted by atomic mass is 16.5. The summed E-state index contributed by atoms with van der Waals surface area (Å²) in [4.78, 5) is 12.3. The van der Waals surface area contributed by atoms with Crippen molar-refractivity contribution in [2.75, 3.05) is 11.9 Å². The molecule has 0 spiro atoms. The molecule has 8 heteroatoms. The predicted molar refractivity (Wildman–Crippen MR) is 91.5 cm³/mol. The Kier molecular flexibility index (Phi) is 4.78. The van der Waals surface area contributed by atoms with E-state index in [2.05, 4.69) is 20.6 Å². The van der Waals surface area contributed by atoms with Crippen LogP contribution in [0.3, 0.4) is 0 Å². The molecule has 0 atom stereocenters. The minimum atomic E-state index is -0.354. The van der Waals surface area contributed by atoms with Gasteiger partial charge in [-0.15, -0.1) is 5.10 Å². The zero-order valence-corrected chi connectivity index (χ0v) is 14.3. The molecule has 1 N–H and O–H groups in total. The van der Waals surface area contributed by atoms with E-state index in [-0.39, 0.29) is 18.0 Å². The number of aromatic nitrogens is 4. The summed E-state index contributed by atoms with van der Waals surface area (Å²) in [6.45, 7) is 6.41. The van der Waals surface area contributed by atoms with Crippen LogP contribution in [0.4, 0.5) is 6.01 Å². The maximum absolute atomic E-state index is 12.3. The van der Waals surface area contributed by atoms with Gasteiger partial charge in [0.25, 0.3) is 5.91 Å². The minimum absolute atomic E-state index is 0.0328. The standard InChI is InChI=1S/C17H19N5O3/c1-4-24-13-7-5-12(6-8-13)16-20-21-17(25-16)19-15(23)14-9-10-18-22(14)11(2)3/h5-11H,4H2,1-3H3,(H,19,21,23). The number of hydrogen-bond acceptors (Lipinski definition) is 6. The van der Waals surface area contributed by atoms with Crippen LogP contribution in [0.5, 0.6) is 5.75 Å². The highest BCUT2D eigenvalue weighted by Gasteiger charge is 2.17. The van der Waals surface area contributed by atoms with E-state index in [0.717, 1.165) is 11.3 Å². The van der Waals surface area contributed by atoms with Crippen molar-refractivity contribution >= 4 is 11.9 Å². The number of carbonyl (C=O) groups excluding carboxylic acids is 1. The molecule has 3 aromatic rings. The highest BCUT2D eigenvalue weighted by Crippen LogP contribution is 2.23. The van der Waals surface area contributed by atoms with Crippen LogP contribution in [0.15, 0.2) is 40.9 Å². The molecule has 0 saturated heterocycles. The topological polar surface area (TPSA) is 95.1 Å². The Labute approximate surface area is 144 Å². The van der Waals surface area contributed by atoms with Crippen molar-refractivity contribution in [2.45, 2.75) is 26.8 Å². The lowest BCUT2D eigenvalue weighted by molar-refractivity contribution is 0.101. The SMILES string of the molecule is CCOc1ccc(-c2nnc(NC(=O)c3ccnn3C(C)C)o2)cc1. The number of benzene rings is 1. The van der Waals surface area contributed by atoms with E-state index in [1.807, 2.05) is 45.0 Å². The third-order valence-electron chi connectivity index (χ3n) is 3.45. The molecule has 2 heterocycles. The zero-order valence-electron chi connectivity index (χ0n) is 14.3. The second-order valence-corrected chi connectivity index (χ2v) is 5.58. The molecule has 0 saturated carbocycles. The van der Waals surface area contributed by atoms with Gasteiger partial charge in [0.2, 0.25) is 5.89 Å². The Hall–Kier alpha value is -3.16. The van der Waals surface area contributed by atoms with Gasteiger partial charge in [0.1, 0.15) is 11.4 Å². The summed E-state index contributed by atoms with van der Waals surface area (Å²) < 4.78 is 12.5. The normalized spacial score (nSPS) is 10.9. The predicted octanol–water partition coefficient (Wildman–Crippen LogP) is 3.17. The molecule has 0 fully saturated rings. The second kappa shape index (κ2) is 7.16. The van der Waals surface area contributed by atoms with Crippen molar-refractivity contribution in [1.29, 1.82) is 0 Å². The van der Waals surface area contributed by atoms with Crippen molar-refractivity contribution in [3.63, 3.8) is 0 Å². The molecule has 1 aromatic carbocycles. The second-order valence-electron chi connectivity index (χ2n) is 5.58. The Bertz CT molecular complexity index is 851. The quantitative estimate of drug-likeness (QED) is 0.740. The number of carbonyl (C=O) groups is 1. The van der Waals surface area contributed by atoms with Gasteiger partial charge in [-0.2, -0.15) is 5.10 Å². The first kappa shape index (κ1) is 16.7. The third kappa shape index (κ3) is 3.68. The smallest absolute Gasteiger partial charge is 0.322 e. The molecule has 0 aliphatic carbocycles. The first-order chi connectivity index (χ1) is 12.1. The molecule has 8 nitrogen and oxygen atoms in total. The van der Waals surface area contributed by atoms with Crippen molar-refractivity contribution in [1.82, 2.24) is 20.0 Å². The molecule has 3 rings (SSSR count). The summed E-state index contributed by atoms with van der Waals surface area (Å²) >= 11 is 0. The summed E-state index contributed by atoms with van der Waals surface area (Å²) in [5, 5.41) is 14.6. The first-order valence-electron chi connectivity index (χ1n) is 8.00. The van der Waals surface area contributed by atoms with Crippen LogP contribution in [0, 0.1) is 0 Å². The molecule has 0 aliphatic heterocycles. The largest absolute Gasteiger partial charge is 0.494 e. The van der Waals surface area contributed by atoms with E-state index < -0.39 is 0 Å². The summed E-state index contributed by atoms with van der Waals surface area (Å²) in [6.07, 6.45) is 1.58. The number of nitrogens with zero attached hydrogens (tertiary/aromatic N) is 4. The van der Waals surface area contributed by atoms with Crippen LogP contribution >= 0.6 is 0 Å². The average molecular weight is 341 g/mol. The van der Waals surface area contributed by atoms with Crippen molar-refractivity contribution in [3.8, 4) is 17.2 Å². The van der Waals surface area contributed by atoms with Gasteiger partial charge in [-0.3, -0.25) is 14.8 Å². The van der Waals surface area contributed by atoms with Gasteiger partial charge < -0.3 is 9.15 Å². The van der Waals surface area contributed by atoms with Gasteiger partial charge in [0.05, 0.1) is 6.61 Å². The van der Waals surface area contributed by atoms with Gasteiger partial charge in [-0.1, -0.05) is 5.10 Å². The summed E-state index contributed by atoms with van der Waals surface area (Å²) in [5.74, 6) is 0.727. The van der Waals surface area contributed by atoms with Crippen LogP contribution in [0.25, 0.3) is 11.5 Å². The number of hydrogen-bond donors (Lipinski definition) is 1. The molecule has 0 unspecified atom stereocenters. The van der Waals surface area contributed by atoms with Gasteiger partial charge in [-0.25, -0.2) is 0 Å².